The Labute approximate surface area is 115 Å². The number of nitrogens with one attached hydrogen (secondary N) is 2. The first-order chi connectivity index (χ1) is 8.69. The summed E-state index contributed by atoms with van der Waals surface area (Å²) in [7, 11) is 1.84. The van der Waals surface area contributed by atoms with E-state index in [4.69, 9.17) is 0 Å². The monoisotopic (exact) mass is 306 g/mol. The zero-order valence-corrected chi connectivity index (χ0v) is 11.9. The summed E-state index contributed by atoms with van der Waals surface area (Å²) in [5, 5.41) is 6.34. The van der Waals surface area contributed by atoms with Crippen molar-refractivity contribution >= 4 is 27.6 Å². The van der Waals surface area contributed by atoms with Crippen molar-refractivity contribution in [2.45, 2.75) is 13.0 Å². The van der Waals surface area contributed by atoms with E-state index in [9.17, 15) is 0 Å². The number of hydrogen-bond donors (Lipinski definition) is 2. The average molecular weight is 307 g/mol. The molecule has 2 N–H and O–H groups in total. The molecule has 5 heteroatoms. The minimum absolute atomic E-state index is 0.192. The summed E-state index contributed by atoms with van der Waals surface area (Å²) in [6, 6.07) is 10.3. The van der Waals surface area contributed by atoms with E-state index in [1.165, 1.54) is 5.56 Å². The molecule has 18 heavy (non-hydrogen) atoms. The number of nitrogens with zero attached hydrogens (tertiary/aromatic N) is 2. The highest BCUT2D eigenvalue weighted by molar-refractivity contribution is 9.10. The lowest BCUT2D eigenvalue weighted by molar-refractivity contribution is 0.872. The largest absolute Gasteiger partial charge is 0.373 e. The van der Waals surface area contributed by atoms with Gasteiger partial charge in [-0.3, -0.25) is 0 Å². The SMILES string of the molecule is CNc1cc(NC(C)c2ccc(Br)cc2)ncn1. The van der Waals surface area contributed by atoms with Gasteiger partial charge in [0.25, 0.3) is 0 Å². The maximum atomic E-state index is 4.20. The molecule has 0 saturated carbocycles. The fraction of sp³-hybridized carbons (Fsp3) is 0.231. The molecule has 1 aromatic heterocycles. The third-order valence-corrected chi connectivity index (χ3v) is 3.19. The summed E-state index contributed by atoms with van der Waals surface area (Å²) in [6.45, 7) is 2.10. The van der Waals surface area contributed by atoms with E-state index in [-0.39, 0.29) is 6.04 Å². The predicted octanol–water partition coefficient (Wildman–Crippen LogP) is 3.45. The summed E-state index contributed by atoms with van der Waals surface area (Å²) in [6.07, 6.45) is 1.54. The Morgan fingerprint density at radius 1 is 1.11 bits per heavy atom. The Morgan fingerprint density at radius 3 is 2.44 bits per heavy atom. The summed E-state index contributed by atoms with van der Waals surface area (Å²) < 4.78 is 1.08. The third kappa shape index (κ3) is 3.20. The second kappa shape index (κ2) is 5.82. The summed E-state index contributed by atoms with van der Waals surface area (Å²) in [4.78, 5) is 8.28. The zero-order valence-electron chi connectivity index (χ0n) is 10.3. The molecule has 0 spiro atoms. The highest BCUT2D eigenvalue weighted by atomic mass is 79.9. The Hall–Kier alpha value is -1.62. The molecule has 0 aliphatic rings. The molecule has 0 bridgehead atoms. The lowest BCUT2D eigenvalue weighted by Crippen LogP contribution is -2.08. The highest BCUT2D eigenvalue weighted by Crippen LogP contribution is 2.20. The van der Waals surface area contributed by atoms with Gasteiger partial charge in [0.05, 0.1) is 0 Å². The van der Waals surface area contributed by atoms with Crippen LogP contribution in [0.1, 0.15) is 18.5 Å². The van der Waals surface area contributed by atoms with E-state index in [2.05, 4.69) is 55.6 Å². The number of hydrogen-bond acceptors (Lipinski definition) is 4. The van der Waals surface area contributed by atoms with Crippen LogP contribution in [0.15, 0.2) is 41.1 Å². The highest BCUT2D eigenvalue weighted by Gasteiger charge is 2.06. The van der Waals surface area contributed by atoms with Gasteiger partial charge < -0.3 is 10.6 Å². The van der Waals surface area contributed by atoms with Crippen molar-refractivity contribution in [2.24, 2.45) is 0 Å². The number of halogens is 1. The van der Waals surface area contributed by atoms with E-state index in [1.54, 1.807) is 6.33 Å². The molecule has 0 amide bonds. The molecule has 1 atom stereocenters. The average Bonchev–Trinajstić information content (AvgIpc) is 2.39. The molecule has 0 aliphatic carbocycles. The van der Waals surface area contributed by atoms with E-state index >= 15 is 0 Å². The van der Waals surface area contributed by atoms with Crippen LogP contribution in [0, 0.1) is 0 Å². The van der Waals surface area contributed by atoms with Crippen molar-refractivity contribution in [3.63, 3.8) is 0 Å². The van der Waals surface area contributed by atoms with Gasteiger partial charge in [-0.25, -0.2) is 9.97 Å². The quantitative estimate of drug-likeness (QED) is 0.908. The van der Waals surface area contributed by atoms with Gasteiger partial charge in [0.15, 0.2) is 0 Å². The Bertz CT molecular complexity index is 513. The van der Waals surface area contributed by atoms with Gasteiger partial charge in [0.1, 0.15) is 18.0 Å². The minimum atomic E-state index is 0.192. The van der Waals surface area contributed by atoms with Gasteiger partial charge in [0, 0.05) is 23.6 Å². The fourth-order valence-corrected chi connectivity index (χ4v) is 1.89. The van der Waals surface area contributed by atoms with Crippen LogP contribution in [0.2, 0.25) is 0 Å². The smallest absolute Gasteiger partial charge is 0.131 e. The molecule has 0 radical (unpaired) electrons. The van der Waals surface area contributed by atoms with Crippen molar-refractivity contribution in [2.75, 3.05) is 17.7 Å². The molecule has 4 nitrogen and oxygen atoms in total. The number of aromatic nitrogens is 2. The second-order valence-electron chi connectivity index (χ2n) is 3.96. The van der Waals surface area contributed by atoms with Crippen molar-refractivity contribution < 1.29 is 0 Å². The van der Waals surface area contributed by atoms with E-state index in [0.717, 1.165) is 16.1 Å². The standard InChI is InChI=1S/C13H15BrN4/c1-9(10-3-5-11(14)6-4-10)18-13-7-12(15-2)16-8-17-13/h3-9H,1-2H3,(H2,15,16,17,18). The molecule has 0 fully saturated rings. The molecule has 0 saturated heterocycles. The van der Waals surface area contributed by atoms with Crippen LogP contribution in [0.4, 0.5) is 11.6 Å². The van der Waals surface area contributed by atoms with E-state index < -0.39 is 0 Å². The third-order valence-electron chi connectivity index (χ3n) is 2.66. The molecule has 0 aliphatic heterocycles. The molecule has 1 aromatic carbocycles. The van der Waals surface area contributed by atoms with Crippen LogP contribution in [0.5, 0.6) is 0 Å². The zero-order chi connectivity index (χ0) is 13.0. The lowest BCUT2D eigenvalue weighted by atomic mass is 10.1. The topological polar surface area (TPSA) is 49.8 Å². The van der Waals surface area contributed by atoms with Crippen molar-refractivity contribution in [1.29, 1.82) is 0 Å². The molecule has 1 unspecified atom stereocenters. The summed E-state index contributed by atoms with van der Waals surface area (Å²) in [5.74, 6) is 1.61. The summed E-state index contributed by atoms with van der Waals surface area (Å²) >= 11 is 3.43. The fourth-order valence-electron chi connectivity index (χ4n) is 1.63. The molecular weight excluding hydrogens is 292 g/mol. The number of anilines is 2. The first-order valence-corrected chi connectivity index (χ1v) is 6.50. The maximum Gasteiger partial charge on any atom is 0.131 e. The van der Waals surface area contributed by atoms with Crippen molar-refractivity contribution in [3.8, 4) is 0 Å². The summed E-state index contributed by atoms with van der Waals surface area (Å²) in [5.41, 5.74) is 1.21. The number of benzene rings is 1. The van der Waals surface area contributed by atoms with Crippen LogP contribution < -0.4 is 10.6 Å². The van der Waals surface area contributed by atoms with Gasteiger partial charge in [-0.1, -0.05) is 28.1 Å². The maximum absolute atomic E-state index is 4.20. The van der Waals surface area contributed by atoms with Crippen LogP contribution >= 0.6 is 15.9 Å². The van der Waals surface area contributed by atoms with Crippen LogP contribution in [-0.2, 0) is 0 Å². The van der Waals surface area contributed by atoms with Crippen LogP contribution in [0.3, 0.4) is 0 Å². The Balaban J connectivity index is 2.10. The number of rotatable bonds is 4. The molecule has 1 heterocycles. The molecule has 2 rings (SSSR count). The molecule has 2 aromatic rings. The van der Waals surface area contributed by atoms with E-state index in [0.29, 0.717) is 0 Å². The van der Waals surface area contributed by atoms with Gasteiger partial charge in [-0.05, 0) is 24.6 Å². The van der Waals surface area contributed by atoms with Gasteiger partial charge in [-0.2, -0.15) is 0 Å². The van der Waals surface area contributed by atoms with Gasteiger partial charge in [-0.15, -0.1) is 0 Å². The lowest BCUT2D eigenvalue weighted by Gasteiger charge is -2.15. The van der Waals surface area contributed by atoms with Gasteiger partial charge in [0.2, 0.25) is 0 Å². The predicted molar refractivity (Wildman–Crippen MR) is 77.8 cm³/mol. The Morgan fingerprint density at radius 2 is 1.78 bits per heavy atom. The minimum Gasteiger partial charge on any atom is -0.373 e. The molecule has 94 valence electrons. The van der Waals surface area contributed by atoms with Crippen LogP contribution in [-0.4, -0.2) is 17.0 Å². The first-order valence-electron chi connectivity index (χ1n) is 5.71. The van der Waals surface area contributed by atoms with Gasteiger partial charge >= 0.3 is 0 Å². The second-order valence-corrected chi connectivity index (χ2v) is 4.87. The first kappa shape index (κ1) is 12.8. The van der Waals surface area contributed by atoms with Crippen molar-refractivity contribution in [3.05, 3.63) is 46.7 Å². The van der Waals surface area contributed by atoms with Crippen molar-refractivity contribution in [1.82, 2.24) is 9.97 Å². The Kier molecular flexibility index (Phi) is 4.15. The molecular formula is C13H15BrN4. The van der Waals surface area contributed by atoms with E-state index in [1.807, 2.05) is 25.2 Å². The van der Waals surface area contributed by atoms with Crippen LogP contribution in [0.25, 0.3) is 0 Å². The normalized spacial score (nSPS) is 11.9.